The maximum Gasteiger partial charge on any atom is 0.315 e. The van der Waals surface area contributed by atoms with Crippen LogP contribution < -0.4 is 4.90 Å². The van der Waals surface area contributed by atoms with Gasteiger partial charge in [0.2, 0.25) is 0 Å². The van der Waals surface area contributed by atoms with Crippen LogP contribution in [0, 0.1) is 0 Å². The van der Waals surface area contributed by atoms with Gasteiger partial charge in [-0.25, -0.2) is 4.98 Å². The average Bonchev–Trinajstić information content (AvgIpc) is 3.22. The van der Waals surface area contributed by atoms with E-state index in [2.05, 4.69) is 11.8 Å². The summed E-state index contributed by atoms with van der Waals surface area (Å²) in [5.41, 5.74) is 1.00. The third-order valence-corrected chi connectivity index (χ3v) is 5.38. The van der Waals surface area contributed by atoms with E-state index in [1.165, 1.54) is 17.7 Å². The Morgan fingerprint density at radius 3 is 2.86 bits per heavy atom. The highest BCUT2D eigenvalue weighted by Crippen LogP contribution is 2.41. The van der Waals surface area contributed by atoms with Crippen LogP contribution in [0.3, 0.4) is 0 Å². The zero-order valence-electron chi connectivity index (χ0n) is 12.9. The number of aryl methyl sites for hydroxylation is 1. The van der Waals surface area contributed by atoms with Gasteiger partial charge in [0.25, 0.3) is 0 Å². The molecular formula is C16H24N2O2S. The third kappa shape index (κ3) is 3.07. The van der Waals surface area contributed by atoms with Gasteiger partial charge in [0, 0.05) is 17.5 Å². The zero-order chi connectivity index (χ0) is 14.8. The summed E-state index contributed by atoms with van der Waals surface area (Å²) < 4.78 is 5.23. The van der Waals surface area contributed by atoms with Crippen LogP contribution in [0.2, 0.25) is 0 Å². The molecule has 4 nitrogen and oxygen atoms in total. The Morgan fingerprint density at radius 1 is 1.38 bits per heavy atom. The molecule has 0 aliphatic heterocycles. The van der Waals surface area contributed by atoms with E-state index < -0.39 is 0 Å². The minimum absolute atomic E-state index is 0.0937. The van der Waals surface area contributed by atoms with E-state index in [0.717, 1.165) is 43.1 Å². The standard InChI is InChI=1S/C16H24N2O2S/c1-3-10-18(11-8-9-11)16-17-14-12(15(19)20-4-2)6-5-7-13(14)21-16/h11-12H,3-10H2,1-2H3. The molecule has 0 spiro atoms. The third-order valence-electron chi connectivity index (χ3n) is 4.21. The molecule has 1 heterocycles. The number of esters is 1. The lowest BCUT2D eigenvalue weighted by Gasteiger charge is -2.20. The number of fused-ring (bicyclic) bond motifs is 1. The molecule has 21 heavy (non-hydrogen) atoms. The quantitative estimate of drug-likeness (QED) is 0.754. The van der Waals surface area contributed by atoms with Gasteiger partial charge in [-0.1, -0.05) is 6.92 Å². The highest BCUT2D eigenvalue weighted by Gasteiger charge is 2.35. The summed E-state index contributed by atoms with van der Waals surface area (Å²) in [6.45, 7) is 5.60. The van der Waals surface area contributed by atoms with Crippen molar-refractivity contribution in [1.29, 1.82) is 0 Å². The molecule has 1 fully saturated rings. The van der Waals surface area contributed by atoms with E-state index in [1.54, 1.807) is 11.3 Å². The SMILES string of the molecule is CCCN(c1nc2c(s1)CCCC2C(=O)OCC)C1CC1. The van der Waals surface area contributed by atoms with Crippen molar-refractivity contribution in [3.63, 3.8) is 0 Å². The highest BCUT2D eigenvalue weighted by molar-refractivity contribution is 7.15. The number of hydrogen-bond acceptors (Lipinski definition) is 5. The molecule has 0 radical (unpaired) electrons. The van der Waals surface area contributed by atoms with Gasteiger partial charge in [-0.15, -0.1) is 11.3 Å². The summed E-state index contributed by atoms with van der Waals surface area (Å²) in [5, 5.41) is 1.13. The summed E-state index contributed by atoms with van der Waals surface area (Å²) in [5.74, 6) is -0.231. The van der Waals surface area contributed by atoms with E-state index in [0.29, 0.717) is 12.6 Å². The molecular weight excluding hydrogens is 284 g/mol. The van der Waals surface area contributed by atoms with E-state index in [9.17, 15) is 4.79 Å². The molecule has 0 amide bonds. The molecule has 2 aliphatic carbocycles. The van der Waals surface area contributed by atoms with Gasteiger partial charge >= 0.3 is 5.97 Å². The van der Waals surface area contributed by atoms with Crippen molar-refractivity contribution >= 4 is 22.4 Å². The number of aromatic nitrogens is 1. The lowest BCUT2D eigenvalue weighted by atomic mass is 9.91. The van der Waals surface area contributed by atoms with Gasteiger partial charge < -0.3 is 9.64 Å². The first-order valence-corrected chi connectivity index (χ1v) is 8.99. The number of anilines is 1. The monoisotopic (exact) mass is 308 g/mol. The van der Waals surface area contributed by atoms with Crippen LogP contribution in [0.1, 0.15) is 62.4 Å². The van der Waals surface area contributed by atoms with Crippen molar-refractivity contribution in [2.24, 2.45) is 0 Å². The van der Waals surface area contributed by atoms with Crippen molar-refractivity contribution in [2.75, 3.05) is 18.1 Å². The molecule has 1 aromatic heterocycles. The van der Waals surface area contributed by atoms with Gasteiger partial charge in [0.1, 0.15) is 5.92 Å². The normalized spacial score (nSPS) is 21.0. The molecule has 3 rings (SSSR count). The fraction of sp³-hybridized carbons (Fsp3) is 0.750. The van der Waals surface area contributed by atoms with Crippen LogP contribution in [0.5, 0.6) is 0 Å². The predicted molar refractivity (Wildman–Crippen MR) is 85.1 cm³/mol. The lowest BCUT2D eigenvalue weighted by molar-refractivity contribution is -0.145. The number of carbonyl (C=O) groups excluding carboxylic acids is 1. The van der Waals surface area contributed by atoms with E-state index in [1.807, 2.05) is 6.92 Å². The first kappa shape index (κ1) is 14.8. The van der Waals surface area contributed by atoms with Gasteiger partial charge in [0.15, 0.2) is 5.13 Å². The molecule has 0 saturated heterocycles. The van der Waals surface area contributed by atoms with Gasteiger partial charge in [-0.05, 0) is 45.4 Å². The maximum absolute atomic E-state index is 12.1. The Labute approximate surface area is 130 Å². The van der Waals surface area contributed by atoms with Crippen molar-refractivity contribution in [2.45, 2.75) is 64.3 Å². The van der Waals surface area contributed by atoms with Crippen molar-refractivity contribution in [3.05, 3.63) is 10.6 Å². The highest BCUT2D eigenvalue weighted by atomic mass is 32.1. The Hall–Kier alpha value is -1.10. The maximum atomic E-state index is 12.1. The Kier molecular flexibility index (Phi) is 4.48. The number of nitrogens with zero attached hydrogens (tertiary/aromatic N) is 2. The van der Waals surface area contributed by atoms with Crippen LogP contribution in [0.15, 0.2) is 0 Å². The summed E-state index contributed by atoms with van der Waals surface area (Å²) in [4.78, 5) is 20.8. The lowest BCUT2D eigenvalue weighted by Crippen LogP contribution is -2.26. The molecule has 1 unspecified atom stereocenters. The number of carbonyl (C=O) groups is 1. The number of hydrogen-bond donors (Lipinski definition) is 0. The second kappa shape index (κ2) is 6.34. The van der Waals surface area contributed by atoms with Gasteiger partial charge in [0.05, 0.1) is 12.3 Å². The summed E-state index contributed by atoms with van der Waals surface area (Å²) in [6.07, 6.45) is 6.72. The molecule has 116 valence electrons. The fourth-order valence-electron chi connectivity index (χ4n) is 3.06. The number of thiazole rings is 1. The Balaban J connectivity index is 1.84. The topological polar surface area (TPSA) is 42.4 Å². The van der Waals surface area contributed by atoms with Crippen LogP contribution in [0.25, 0.3) is 0 Å². The van der Waals surface area contributed by atoms with Crippen LogP contribution >= 0.6 is 11.3 Å². The molecule has 0 N–H and O–H groups in total. The molecule has 0 aromatic carbocycles. The molecule has 1 saturated carbocycles. The van der Waals surface area contributed by atoms with Gasteiger partial charge in [-0.2, -0.15) is 0 Å². The van der Waals surface area contributed by atoms with Crippen LogP contribution in [0.4, 0.5) is 5.13 Å². The summed E-state index contributed by atoms with van der Waals surface area (Å²) in [6, 6.07) is 0.679. The largest absolute Gasteiger partial charge is 0.465 e. The number of rotatable bonds is 6. The summed E-state index contributed by atoms with van der Waals surface area (Å²) >= 11 is 1.80. The molecule has 1 atom stereocenters. The minimum Gasteiger partial charge on any atom is -0.465 e. The molecule has 1 aromatic rings. The predicted octanol–water partition coefficient (Wildman–Crippen LogP) is 3.50. The second-order valence-electron chi connectivity index (χ2n) is 5.93. The molecule has 0 bridgehead atoms. The molecule has 2 aliphatic rings. The molecule has 5 heteroatoms. The Bertz CT molecular complexity index is 510. The van der Waals surface area contributed by atoms with Crippen molar-refractivity contribution < 1.29 is 9.53 Å². The average molecular weight is 308 g/mol. The summed E-state index contributed by atoms with van der Waals surface area (Å²) in [7, 11) is 0. The first-order chi connectivity index (χ1) is 10.2. The van der Waals surface area contributed by atoms with Crippen LogP contribution in [-0.4, -0.2) is 30.1 Å². The van der Waals surface area contributed by atoms with E-state index >= 15 is 0 Å². The zero-order valence-corrected chi connectivity index (χ0v) is 13.7. The Morgan fingerprint density at radius 2 is 2.19 bits per heavy atom. The van der Waals surface area contributed by atoms with Crippen molar-refractivity contribution in [3.8, 4) is 0 Å². The number of ether oxygens (including phenoxy) is 1. The van der Waals surface area contributed by atoms with Crippen molar-refractivity contribution in [1.82, 2.24) is 4.98 Å². The van der Waals surface area contributed by atoms with Crippen LogP contribution in [-0.2, 0) is 16.0 Å². The second-order valence-corrected chi connectivity index (χ2v) is 6.99. The van der Waals surface area contributed by atoms with Gasteiger partial charge in [-0.3, -0.25) is 4.79 Å². The smallest absolute Gasteiger partial charge is 0.315 e. The first-order valence-electron chi connectivity index (χ1n) is 8.17. The van der Waals surface area contributed by atoms with E-state index in [-0.39, 0.29) is 11.9 Å². The minimum atomic E-state index is -0.138. The van der Waals surface area contributed by atoms with E-state index in [4.69, 9.17) is 9.72 Å². The fourth-order valence-corrected chi connectivity index (χ4v) is 4.32.